The summed E-state index contributed by atoms with van der Waals surface area (Å²) in [5.41, 5.74) is 25.5. The third-order valence-electron chi connectivity index (χ3n) is 20.0. The Labute approximate surface area is 461 Å². The number of para-hydroxylation sites is 2. The van der Waals surface area contributed by atoms with Gasteiger partial charge in [0.25, 0.3) is 6.71 Å². The Hall–Kier alpha value is -6.46. The molecule has 13 rings (SSSR count). The summed E-state index contributed by atoms with van der Waals surface area (Å²) in [6.07, 6.45) is 10.6. The Balaban J connectivity index is 1.19. The highest BCUT2D eigenvalue weighted by Crippen LogP contribution is 2.55. The molecule has 0 bridgehead atoms. The van der Waals surface area contributed by atoms with Crippen LogP contribution in [-0.4, -0.2) is 6.71 Å². The van der Waals surface area contributed by atoms with E-state index in [0.29, 0.717) is 0 Å². The van der Waals surface area contributed by atoms with Gasteiger partial charge in [0.15, 0.2) is 0 Å². The zero-order valence-corrected chi connectivity index (χ0v) is 48.5. The first-order chi connectivity index (χ1) is 36.6. The molecule has 0 N–H and O–H groups in total. The van der Waals surface area contributed by atoms with Crippen molar-refractivity contribution in [1.82, 2.24) is 0 Å². The molecular formula is C72H80BN3O. The van der Waals surface area contributed by atoms with Gasteiger partial charge in [-0.25, -0.2) is 0 Å². The van der Waals surface area contributed by atoms with Crippen molar-refractivity contribution in [2.24, 2.45) is 0 Å². The maximum atomic E-state index is 7.76. The maximum absolute atomic E-state index is 7.76. The monoisotopic (exact) mass is 1010 g/mol. The molecule has 1 aromatic heterocycles. The normalized spacial score (nSPS) is 19.1. The van der Waals surface area contributed by atoms with Crippen LogP contribution in [0.25, 0.3) is 11.0 Å². The summed E-state index contributed by atoms with van der Waals surface area (Å²) in [7, 11) is 0. The van der Waals surface area contributed by atoms with Crippen molar-refractivity contribution in [3.05, 3.63) is 178 Å². The second-order valence-corrected chi connectivity index (χ2v) is 28.0. The van der Waals surface area contributed by atoms with Crippen LogP contribution < -0.4 is 31.3 Å². The van der Waals surface area contributed by atoms with Gasteiger partial charge in [-0.2, -0.15) is 0 Å². The SMILES string of the molecule is CCc1cc2oc3c(c2cc1C1(C)CCCC1)N(c1ccc2c(c1)C(C)(C)CCC2(C)C)c1cc(N(c2ccccc2)c2ccccc2)cc2c1B3c1cc(C(C)(C)C)ccc1N2c1ccc2c(c1)C(C)(C)CCC2(C)C. The van der Waals surface area contributed by atoms with Crippen molar-refractivity contribution in [2.75, 3.05) is 14.7 Å². The summed E-state index contributed by atoms with van der Waals surface area (Å²) < 4.78 is 7.76. The Bertz CT molecular complexity index is 3620. The third kappa shape index (κ3) is 7.81. The van der Waals surface area contributed by atoms with Gasteiger partial charge in [-0.3, -0.25) is 0 Å². The minimum atomic E-state index is -0.181. The predicted octanol–water partition coefficient (Wildman–Crippen LogP) is 18.4. The van der Waals surface area contributed by atoms with Crippen LogP contribution in [0.4, 0.5) is 51.2 Å². The van der Waals surface area contributed by atoms with E-state index < -0.39 is 0 Å². The minimum absolute atomic E-state index is 0.00726. The molecule has 5 heteroatoms. The van der Waals surface area contributed by atoms with Crippen LogP contribution in [0.15, 0.2) is 144 Å². The molecule has 0 saturated heterocycles. The number of benzene rings is 7. The molecule has 3 aliphatic carbocycles. The molecule has 5 aliphatic rings. The van der Waals surface area contributed by atoms with Crippen molar-refractivity contribution in [3.63, 3.8) is 0 Å². The van der Waals surface area contributed by atoms with E-state index in [2.05, 4.69) is 244 Å². The van der Waals surface area contributed by atoms with Crippen molar-refractivity contribution in [1.29, 1.82) is 0 Å². The zero-order chi connectivity index (χ0) is 53.8. The van der Waals surface area contributed by atoms with Crippen LogP contribution in [0.5, 0.6) is 0 Å². The quantitative estimate of drug-likeness (QED) is 0.148. The number of fused-ring (bicyclic) bond motifs is 8. The summed E-state index contributed by atoms with van der Waals surface area (Å²) in [4.78, 5) is 7.80. The van der Waals surface area contributed by atoms with Gasteiger partial charge in [-0.15, -0.1) is 0 Å². The summed E-state index contributed by atoms with van der Waals surface area (Å²) >= 11 is 0. The van der Waals surface area contributed by atoms with Crippen molar-refractivity contribution < 1.29 is 4.42 Å². The molecule has 0 unspecified atom stereocenters. The Morgan fingerprint density at radius 3 is 1.56 bits per heavy atom. The van der Waals surface area contributed by atoms with Crippen LogP contribution in [-0.2, 0) is 38.9 Å². The van der Waals surface area contributed by atoms with Crippen molar-refractivity contribution in [3.8, 4) is 0 Å². The zero-order valence-electron chi connectivity index (χ0n) is 48.5. The molecule has 1 saturated carbocycles. The van der Waals surface area contributed by atoms with E-state index in [1.54, 1.807) is 0 Å². The molecular weight excluding hydrogens is 934 g/mol. The molecule has 2 aliphatic heterocycles. The highest BCUT2D eigenvalue weighted by Gasteiger charge is 2.49. The van der Waals surface area contributed by atoms with Gasteiger partial charge in [0, 0.05) is 45.2 Å². The van der Waals surface area contributed by atoms with E-state index >= 15 is 0 Å². The van der Waals surface area contributed by atoms with Gasteiger partial charge in [-0.1, -0.05) is 164 Å². The highest BCUT2D eigenvalue weighted by atomic mass is 16.3. The van der Waals surface area contributed by atoms with E-state index in [9.17, 15) is 0 Å². The average molecular weight is 1010 g/mol. The molecule has 4 nitrogen and oxygen atoms in total. The summed E-state index contributed by atoms with van der Waals surface area (Å²) in [5, 5.41) is 1.22. The number of hydrogen-bond acceptors (Lipinski definition) is 4. The Kier molecular flexibility index (Phi) is 11.2. The number of rotatable bonds is 7. The lowest BCUT2D eigenvalue weighted by atomic mass is 9.35. The first-order valence-electron chi connectivity index (χ1n) is 29.3. The summed E-state index contributed by atoms with van der Waals surface area (Å²) in [5.74, 6) is 0. The minimum Gasteiger partial charge on any atom is -0.468 e. The molecule has 0 spiro atoms. The fourth-order valence-corrected chi connectivity index (χ4v) is 15.0. The van der Waals surface area contributed by atoms with E-state index in [0.717, 1.165) is 47.6 Å². The van der Waals surface area contributed by atoms with Crippen LogP contribution in [0.3, 0.4) is 0 Å². The molecule has 3 heterocycles. The van der Waals surface area contributed by atoms with E-state index in [1.165, 1.54) is 128 Å². The van der Waals surface area contributed by atoms with E-state index in [1.807, 2.05) is 0 Å². The number of hydrogen-bond donors (Lipinski definition) is 0. The molecule has 1 fully saturated rings. The number of nitrogens with zero attached hydrogens (tertiary/aromatic N) is 3. The fraction of sp³-hybridized carbons (Fsp3) is 0.389. The molecule has 0 atom stereocenters. The molecule has 392 valence electrons. The molecule has 0 amide bonds. The topological polar surface area (TPSA) is 22.9 Å². The van der Waals surface area contributed by atoms with Crippen LogP contribution in [0.2, 0.25) is 0 Å². The second-order valence-electron chi connectivity index (χ2n) is 28.0. The smallest absolute Gasteiger partial charge is 0.297 e. The number of aryl methyl sites for hydroxylation is 1. The van der Waals surface area contributed by atoms with Gasteiger partial charge in [-0.05, 0) is 206 Å². The lowest BCUT2D eigenvalue weighted by Gasteiger charge is -2.46. The van der Waals surface area contributed by atoms with E-state index in [-0.39, 0.29) is 39.2 Å². The number of anilines is 9. The third-order valence-corrected chi connectivity index (χ3v) is 20.0. The number of furan rings is 1. The van der Waals surface area contributed by atoms with Gasteiger partial charge in [0.1, 0.15) is 5.58 Å². The predicted molar refractivity (Wildman–Crippen MR) is 329 cm³/mol. The summed E-state index contributed by atoms with van der Waals surface area (Å²) in [6, 6.07) is 54.5. The average Bonchev–Trinajstić information content (AvgIpc) is 3.76. The summed E-state index contributed by atoms with van der Waals surface area (Å²) in [6.45, 7) is 31.4. The first kappa shape index (κ1) is 50.1. The van der Waals surface area contributed by atoms with Gasteiger partial charge < -0.3 is 19.1 Å². The van der Waals surface area contributed by atoms with Gasteiger partial charge in [0.05, 0.1) is 17.0 Å². The molecule has 7 aromatic carbocycles. The van der Waals surface area contributed by atoms with Crippen LogP contribution in [0.1, 0.15) is 180 Å². The standard InChI is InChI=1S/C72H80BN3O/c1-14-46-39-63-53(45-56(46)72(13)33-21-22-34-72)65-66(77-63)73-59-40-47(67(2,3)4)27-32-60(59)75(50-28-30-54-57(41-50)70(9,10)37-35-68(54,5)6)61-43-52(74(48-23-17-15-18-24-48)49-25-19-16-20-26-49)44-62(64(61)73)76(65)51-29-31-55-58(42-51)71(11,12)38-36-69(55,7)8/h15-20,23-32,39-45H,14,21-22,33-38H2,1-13H3. The van der Waals surface area contributed by atoms with Crippen molar-refractivity contribution in [2.45, 2.75) is 180 Å². The Morgan fingerprint density at radius 1 is 0.506 bits per heavy atom. The fourth-order valence-electron chi connectivity index (χ4n) is 15.0. The van der Waals surface area contributed by atoms with Crippen LogP contribution >= 0.6 is 0 Å². The maximum Gasteiger partial charge on any atom is 0.297 e. The lowest BCUT2D eigenvalue weighted by molar-refractivity contribution is 0.332. The van der Waals surface area contributed by atoms with E-state index in [4.69, 9.17) is 4.42 Å². The largest absolute Gasteiger partial charge is 0.468 e. The van der Waals surface area contributed by atoms with Gasteiger partial charge in [0.2, 0.25) is 0 Å². The second kappa shape index (κ2) is 17.3. The van der Waals surface area contributed by atoms with Crippen molar-refractivity contribution >= 4 is 85.5 Å². The Morgan fingerprint density at radius 2 is 1.03 bits per heavy atom. The highest BCUT2D eigenvalue weighted by molar-refractivity contribution is 7.00. The molecule has 77 heavy (non-hydrogen) atoms. The first-order valence-corrected chi connectivity index (χ1v) is 29.3. The van der Waals surface area contributed by atoms with Gasteiger partial charge >= 0.3 is 0 Å². The lowest BCUT2D eigenvalue weighted by Crippen LogP contribution is -2.61. The molecule has 8 aromatic rings. The molecule has 0 radical (unpaired) electrons. The van der Waals surface area contributed by atoms with Crippen LogP contribution in [0, 0.1) is 0 Å².